The van der Waals surface area contributed by atoms with E-state index in [1.807, 2.05) is 4.90 Å². The summed E-state index contributed by atoms with van der Waals surface area (Å²) < 4.78 is 5.12. The number of methoxy groups -OCH3 is 1. The van der Waals surface area contributed by atoms with Crippen molar-refractivity contribution in [1.29, 1.82) is 0 Å². The van der Waals surface area contributed by atoms with Crippen LogP contribution in [0.2, 0.25) is 0 Å². The zero-order valence-electron chi connectivity index (χ0n) is 9.41. The number of aromatic nitrogens is 1. The first-order valence-corrected chi connectivity index (χ1v) is 5.27. The lowest BCUT2D eigenvalue weighted by Crippen LogP contribution is -2.25. The van der Waals surface area contributed by atoms with Gasteiger partial charge in [0.05, 0.1) is 11.7 Å². The first-order valence-electron chi connectivity index (χ1n) is 5.27. The van der Waals surface area contributed by atoms with E-state index in [2.05, 4.69) is 4.98 Å². The second-order valence-corrected chi connectivity index (χ2v) is 3.96. The second kappa shape index (κ2) is 4.68. The highest BCUT2D eigenvalue weighted by Gasteiger charge is 2.31. The Balaban J connectivity index is 2.11. The van der Waals surface area contributed by atoms with Gasteiger partial charge in [-0.3, -0.25) is 0 Å². The number of hydrogen-bond acceptors (Lipinski definition) is 5. The summed E-state index contributed by atoms with van der Waals surface area (Å²) in [4.78, 5) is 16.6. The van der Waals surface area contributed by atoms with E-state index in [1.54, 1.807) is 13.2 Å². The van der Waals surface area contributed by atoms with E-state index in [0.717, 1.165) is 0 Å². The van der Waals surface area contributed by atoms with Gasteiger partial charge in [0.2, 0.25) is 0 Å². The SMILES string of the molecule is COC1CN(c2ccc(C(=O)O)cn2)CC1O. The fourth-order valence-corrected chi connectivity index (χ4v) is 1.88. The van der Waals surface area contributed by atoms with Gasteiger partial charge in [-0.1, -0.05) is 0 Å². The highest BCUT2D eigenvalue weighted by Crippen LogP contribution is 2.20. The molecular formula is C11H14N2O4. The Labute approximate surface area is 98.5 Å². The Kier molecular flexibility index (Phi) is 3.26. The number of aliphatic hydroxyl groups excluding tert-OH is 1. The molecule has 92 valence electrons. The number of rotatable bonds is 3. The van der Waals surface area contributed by atoms with Crippen LogP contribution in [0.1, 0.15) is 10.4 Å². The van der Waals surface area contributed by atoms with Crippen LogP contribution in [0.15, 0.2) is 18.3 Å². The monoisotopic (exact) mass is 238 g/mol. The molecule has 2 atom stereocenters. The first kappa shape index (κ1) is 11.8. The number of carbonyl (C=O) groups is 1. The molecule has 6 nitrogen and oxygen atoms in total. The average molecular weight is 238 g/mol. The van der Waals surface area contributed by atoms with Crippen LogP contribution in [0.4, 0.5) is 5.82 Å². The maximum absolute atomic E-state index is 10.7. The molecule has 1 aliphatic heterocycles. The summed E-state index contributed by atoms with van der Waals surface area (Å²) in [7, 11) is 1.55. The molecule has 6 heteroatoms. The van der Waals surface area contributed by atoms with Crippen LogP contribution in [0.5, 0.6) is 0 Å². The topological polar surface area (TPSA) is 82.9 Å². The zero-order chi connectivity index (χ0) is 12.4. The molecule has 17 heavy (non-hydrogen) atoms. The van der Waals surface area contributed by atoms with Crippen LogP contribution in [0.25, 0.3) is 0 Å². The highest BCUT2D eigenvalue weighted by molar-refractivity contribution is 5.87. The van der Waals surface area contributed by atoms with Crippen LogP contribution < -0.4 is 4.90 Å². The average Bonchev–Trinajstić information content (AvgIpc) is 2.70. The fraction of sp³-hybridized carbons (Fsp3) is 0.455. The van der Waals surface area contributed by atoms with Crippen molar-refractivity contribution in [2.45, 2.75) is 12.2 Å². The van der Waals surface area contributed by atoms with Gasteiger partial charge in [0.1, 0.15) is 11.9 Å². The minimum Gasteiger partial charge on any atom is -0.478 e. The summed E-state index contributed by atoms with van der Waals surface area (Å²) in [5.41, 5.74) is 0.150. The number of hydrogen-bond donors (Lipinski definition) is 2. The fourth-order valence-electron chi connectivity index (χ4n) is 1.88. The summed E-state index contributed by atoms with van der Waals surface area (Å²) in [6.45, 7) is 0.995. The number of β-amino-alcohol motifs (C(OH)–C–C–N with tert-alkyl or cyclic N) is 1. The third-order valence-electron chi connectivity index (χ3n) is 2.86. The predicted molar refractivity (Wildman–Crippen MR) is 60.2 cm³/mol. The molecule has 0 spiro atoms. The summed E-state index contributed by atoms with van der Waals surface area (Å²) >= 11 is 0. The van der Waals surface area contributed by atoms with Crippen LogP contribution in [0.3, 0.4) is 0 Å². The van der Waals surface area contributed by atoms with Crippen molar-refractivity contribution >= 4 is 11.8 Å². The third-order valence-corrected chi connectivity index (χ3v) is 2.86. The molecule has 0 saturated carbocycles. The lowest BCUT2D eigenvalue weighted by atomic mass is 10.3. The van der Waals surface area contributed by atoms with E-state index in [-0.39, 0.29) is 11.7 Å². The predicted octanol–water partition coefficient (Wildman–Crippen LogP) is -0.0243. The molecule has 0 radical (unpaired) electrons. The van der Waals surface area contributed by atoms with Gasteiger partial charge < -0.3 is 19.8 Å². The van der Waals surface area contributed by atoms with Gasteiger partial charge in [-0.2, -0.15) is 0 Å². The number of anilines is 1. The highest BCUT2D eigenvalue weighted by atomic mass is 16.5. The molecular weight excluding hydrogens is 224 g/mol. The van der Waals surface area contributed by atoms with E-state index < -0.39 is 12.1 Å². The Hall–Kier alpha value is -1.66. The molecule has 2 N–H and O–H groups in total. The number of aliphatic hydroxyl groups is 1. The molecule has 2 heterocycles. The molecule has 0 bridgehead atoms. The van der Waals surface area contributed by atoms with Gasteiger partial charge in [0, 0.05) is 26.4 Å². The Morgan fingerprint density at radius 1 is 1.53 bits per heavy atom. The van der Waals surface area contributed by atoms with E-state index in [1.165, 1.54) is 12.3 Å². The van der Waals surface area contributed by atoms with Crippen LogP contribution in [-0.4, -0.2) is 53.6 Å². The summed E-state index contributed by atoms with van der Waals surface area (Å²) in [6.07, 6.45) is 0.543. The smallest absolute Gasteiger partial charge is 0.337 e. The molecule has 0 amide bonds. The molecule has 2 rings (SSSR count). The van der Waals surface area contributed by atoms with E-state index in [9.17, 15) is 9.90 Å². The van der Waals surface area contributed by atoms with Crippen molar-refractivity contribution in [2.75, 3.05) is 25.1 Å². The Morgan fingerprint density at radius 3 is 2.76 bits per heavy atom. The minimum absolute atomic E-state index is 0.150. The lowest BCUT2D eigenvalue weighted by Gasteiger charge is -2.16. The van der Waals surface area contributed by atoms with E-state index in [4.69, 9.17) is 9.84 Å². The Bertz CT molecular complexity index is 406. The molecule has 0 aromatic carbocycles. The number of pyridine rings is 1. The molecule has 1 aliphatic rings. The third kappa shape index (κ3) is 2.37. The van der Waals surface area contributed by atoms with Crippen molar-refractivity contribution in [1.82, 2.24) is 4.98 Å². The van der Waals surface area contributed by atoms with Gasteiger partial charge in [-0.25, -0.2) is 9.78 Å². The second-order valence-electron chi connectivity index (χ2n) is 3.96. The standard InChI is InChI=1S/C11H14N2O4/c1-17-9-6-13(5-8(9)14)10-3-2-7(4-12-10)11(15)16/h2-4,8-9,14H,5-6H2,1H3,(H,15,16). The molecule has 1 saturated heterocycles. The molecule has 1 aromatic heterocycles. The van der Waals surface area contributed by atoms with Crippen molar-refractivity contribution in [3.8, 4) is 0 Å². The number of carboxylic acid groups (broad SMARTS) is 1. The Morgan fingerprint density at radius 2 is 2.29 bits per heavy atom. The summed E-state index contributed by atoms with van der Waals surface area (Å²) in [6, 6.07) is 3.13. The van der Waals surface area contributed by atoms with E-state index >= 15 is 0 Å². The largest absolute Gasteiger partial charge is 0.478 e. The number of nitrogens with zero attached hydrogens (tertiary/aromatic N) is 2. The van der Waals surface area contributed by atoms with E-state index in [0.29, 0.717) is 18.9 Å². The normalized spacial score (nSPS) is 24.0. The van der Waals surface area contributed by atoms with Crippen molar-refractivity contribution in [2.24, 2.45) is 0 Å². The number of carboxylic acids is 1. The maximum Gasteiger partial charge on any atom is 0.337 e. The van der Waals surface area contributed by atoms with Crippen LogP contribution in [-0.2, 0) is 4.74 Å². The van der Waals surface area contributed by atoms with Crippen LogP contribution in [0, 0.1) is 0 Å². The number of ether oxygens (including phenoxy) is 1. The van der Waals surface area contributed by atoms with Crippen molar-refractivity contribution in [3.63, 3.8) is 0 Å². The molecule has 1 aromatic rings. The van der Waals surface area contributed by atoms with Gasteiger partial charge >= 0.3 is 5.97 Å². The quantitative estimate of drug-likeness (QED) is 0.769. The first-order chi connectivity index (χ1) is 8.11. The molecule has 1 fully saturated rings. The summed E-state index contributed by atoms with van der Waals surface area (Å²) in [5, 5.41) is 18.4. The summed E-state index contributed by atoms with van der Waals surface area (Å²) in [5.74, 6) is -0.353. The van der Waals surface area contributed by atoms with Gasteiger partial charge in [0.25, 0.3) is 0 Å². The van der Waals surface area contributed by atoms with Gasteiger partial charge in [-0.05, 0) is 12.1 Å². The number of aromatic carboxylic acids is 1. The van der Waals surface area contributed by atoms with Crippen molar-refractivity contribution < 1.29 is 19.7 Å². The maximum atomic E-state index is 10.7. The zero-order valence-corrected chi connectivity index (χ0v) is 9.41. The minimum atomic E-state index is -1.000. The van der Waals surface area contributed by atoms with Gasteiger partial charge in [-0.15, -0.1) is 0 Å². The molecule has 0 aliphatic carbocycles. The molecule has 2 unspecified atom stereocenters. The lowest BCUT2D eigenvalue weighted by molar-refractivity contribution is 0.0217. The van der Waals surface area contributed by atoms with Gasteiger partial charge in [0.15, 0.2) is 0 Å². The van der Waals surface area contributed by atoms with Crippen molar-refractivity contribution in [3.05, 3.63) is 23.9 Å². The van der Waals surface area contributed by atoms with Crippen LogP contribution >= 0.6 is 0 Å².